The second kappa shape index (κ2) is 16.3. The van der Waals surface area contributed by atoms with Gasteiger partial charge in [-0.2, -0.15) is 0 Å². The van der Waals surface area contributed by atoms with E-state index in [2.05, 4.69) is 20.5 Å². The van der Waals surface area contributed by atoms with E-state index in [0.717, 1.165) is 31.3 Å². The maximum Gasteiger partial charge on any atom is 0.200 e. The van der Waals surface area contributed by atoms with Crippen LogP contribution in [-0.4, -0.2) is 60.1 Å². The van der Waals surface area contributed by atoms with Crippen LogP contribution < -0.4 is 10.6 Å². The highest BCUT2D eigenvalue weighted by Gasteiger charge is 2.20. The van der Waals surface area contributed by atoms with E-state index in [0.29, 0.717) is 10.1 Å². The van der Waals surface area contributed by atoms with Crippen molar-refractivity contribution in [2.45, 2.75) is 83.5 Å². The first kappa shape index (κ1) is 27.2. The Bertz CT molecular complexity index is 750. The zero-order chi connectivity index (χ0) is 23.8. The van der Waals surface area contributed by atoms with Crippen molar-refractivity contribution in [3.05, 3.63) is 29.3 Å². The maximum atomic E-state index is 6.07. The van der Waals surface area contributed by atoms with Gasteiger partial charge >= 0.3 is 0 Å². The van der Waals surface area contributed by atoms with Gasteiger partial charge < -0.3 is 15.5 Å². The summed E-state index contributed by atoms with van der Waals surface area (Å²) in [6.45, 7) is 6.56. The molecule has 2 heterocycles. The van der Waals surface area contributed by atoms with Crippen molar-refractivity contribution in [2.75, 3.05) is 44.6 Å². The van der Waals surface area contributed by atoms with E-state index < -0.39 is 0 Å². The van der Waals surface area contributed by atoms with Gasteiger partial charge in [0.05, 0.1) is 6.54 Å². The lowest BCUT2D eigenvalue weighted by Crippen LogP contribution is -2.44. The van der Waals surface area contributed by atoms with E-state index in [4.69, 9.17) is 23.8 Å². The van der Waals surface area contributed by atoms with Crippen LogP contribution in [0, 0.1) is 0 Å². The molecule has 0 aliphatic carbocycles. The van der Waals surface area contributed by atoms with Crippen molar-refractivity contribution in [3.8, 4) is 0 Å². The SMILES string of the molecule is S=C(Nc1cccc(Cl)c1)N1CCN=C1NCCCCCCCCCCCCN1CCCCC1. The Labute approximate surface area is 217 Å². The maximum absolute atomic E-state index is 6.07. The van der Waals surface area contributed by atoms with E-state index in [1.54, 1.807) is 0 Å². The molecule has 1 aromatic rings. The van der Waals surface area contributed by atoms with E-state index >= 15 is 0 Å². The number of piperidine rings is 1. The van der Waals surface area contributed by atoms with Crippen LogP contribution in [-0.2, 0) is 0 Å². The average Bonchev–Trinajstić information content (AvgIpc) is 3.31. The second-order valence-corrected chi connectivity index (χ2v) is 10.5. The van der Waals surface area contributed by atoms with Gasteiger partial charge in [-0.1, -0.05) is 75.5 Å². The Hall–Kier alpha value is -1.37. The smallest absolute Gasteiger partial charge is 0.200 e. The van der Waals surface area contributed by atoms with Crippen molar-refractivity contribution in [1.29, 1.82) is 0 Å². The number of nitrogens with zero attached hydrogens (tertiary/aromatic N) is 3. The monoisotopic (exact) mass is 505 g/mol. The van der Waals surface area contributed by atoms with Crippen LogP contribution in [0.25, 0.3) is 0 Å². The van der Waals surface area contributed by atoms with Crippen LogP contribution in [0.4, 0.5) is 5.69 Å². The molecule has 190 valence electrons. The van der Waals surface area contributed by atoms with E-state index in [9.17, 15) is 0 Å². The molecule has 2 N–H and O–H groups in total. The van der Waals surface area contributed by atoms with Crippen molar-refractivity contribution in [3.63, 3.8) is 0 Å². The first-order valence-electron chi connectivity index (χ1n) is 13.6. The highest BCUT2D eigenvalue weighted by molar-refractivity contribution is 7.80. The van der Waals surface area contributed by atoms with Crippen LogP contribution in [0.2, 0.25) is 5.02 Å². The number of unbranched alkanes of at least 4 members (excludes halogenated alkanes) is 9. The molecule has 34 heavy (non-hydrogen) atoms. The molecular weight excluding hydrogens is 462 g/mol. The van der Waals surface area contributed by atoms with Gasteiger partial charge in [-0.25, -0.2) is 0 Å². The van der Waals surface area contributed by atoms with Gasteiger partial charge in [0.15, 0.2) is 11.1 Å². The Morgan fingerprint density at radius 1 is 0.882 bits per heavy atom. The fourth-order valence-corrected chi connectivity index (χ4v) is 5.30. The van der Waals surface area contributed by atoms with Crippen LogP contribution >= 0.6 is 23.8 Å². The minimum Gasteiger partial charge on any atom is -0.356 e. The molecule has 2 aliphatic heterocycles. The Morgan fingerprint density at radius 3 is 2.26 bits per heavy atom. The van der Waals surface area contributed by atoms with Gasteiger partial charge in [-0.15, -0.1) is 0 Å². The summed E-state index contributed by atoms with van der Waals surface area (Å²) in [5.74, 6) is 0.889. The number of likely N-dealkylation sites (tertiary alicyclic amines) is 1. The Kier molecular flexibility index (Phi) is 13.1. The molecule has 2 aliphatic rings. The standard InChI is InChI=1S/C27H44ClN5S/c28-24-15-14-16-25(23-24)31-27(34)33-22-18-30-26(33)29-17-10-7-5-3-1-2-4-6-8-11-19-32-20-12-9-13-21-32/h14-16,23H,1-13,17-22H2,(H,29,30)(H,31,34). The molecule has 7 heteroatoms. The zero-order valence-electron chi connectivity index (χ0n) is 20.9. The third kappa shape index (κ3) is 10.5. The molecule has 0 unspecified atom stereocenters. The molecule has 0 atom stereocenters. The number of anilines is 1. The third-order valence-electron chi connectivity index (χ3n) is 6.79. The van der Waals surface area contributed by atoms with Crippen LogP contribution in [0.3, 0.4) is 0 Å². The highest BCUT2D eigenvalue weighted by atomic mass is 35.5. The summed E-state index contributed by atoms with van der Waals surface area (Å²) >= 11 is 11.7. The molecule has 1 saturated heterocycles. The van der Waals surface area contributed by atoms with Crippen molar-refractivity contribution >= 4 is 40.6 Å². The number of nitrogens with one attached hydrogen (secondary N) is 2. The predicted octanol–water partition coefficient (Wildman–Crippen LogP) is 6.68. The molecule has 1 fully saturated rings. The van der Waals surface area contributed by atoms with Crippen molar-refractivity contribution in [2.24, 2.45) is 4.99 Å². The van der Waals surface area contributed by atoms with E-state index in [1.807, 2.05) is 29.2 Å². The number of halogens is 1. The fourth-order valence-electron chi connectivity index (χ4n) is 4.81. The molecular formula is C27H44ClN5S. The zero-order valence-corrected chi connectivity index (χ0v) is 22.4. The van der Waals surface area contributed by atoms with E-state index in [1.165, 1.54) is 103 Å². The average molecular weight is 506 g/mol. The topological polar surface area (TPSA) is 42.9 Å². The lowest BCUT2D eigenvalue weighted by molar-refractivity contribution is 0.224. The van der Waals surface area contributed by atoms with Gasteiger partial charge in [0.25, 0.3) is 0 Å². The largest absolute Gasteiger partial charge is 0.356 e. The molecule has 3 rings (SSSR count). The highest BCUT2D eigenvalue weighted by Crippen LogP contribution is 2.16. The number of aliphatic imine (C=N–C) groups is 1. The Morgan fingerprint density at radius 2 is 1.56 bits per heavy atom. The molecule has 5 nitrogen and oxygen atoms in total. The summed E-state index contributed by atoms with van der Waals surface area (Å²) in [4.78, 5) is 9.30. The number of benzene rings is 1. The van der Waals surface area contributed by atoms with Gasteiger partial charge in [0.1, 0.15) is 0 Å². The van der Waals surface area contributed by atoms with Crippen LogP contribution in [0.5, 0.6) is 0 Å². The Balaban J connectivity index is 1.13. The van der Waals surface area contributed by atoms with Crippen LogP contribution in [0.15, 0.2) is 29.3 Å². The molecule has 0 saturated carbocycles. The number of thiocarbonyl (C=S) groups is 1. The molecule has 0 amide bonds. The molecule has 1 aromatic carbocycles. The number of hydrogen-bond donors (Lipinski definition) is 2. The lowest BCUT2D eigenvalue weighted by Gasteiger charge is -2.26. The lowest BCUT2D eigenvalue weighted by atomic mass is 10.1. The van der Waals surface area contributed by atoms with Gasteiger partial charge in [-0.05, 0) is 75.7 Å². The number of hydrogen-bond acceptors (Lipinski definition) is 4. The van der Waals surface area contributed by atoms with Gasteiger partial charge in [0, 0.05) is 23.8 Å². The summed E-state index contributed by atoms with van der Waals surface area (Å²) in [5, 5.41) is 8.11. The summed E-state index contributed by atoms with van der Waals surface area (Å²) < 4.78 is 0. The fraction of sp³-hybridized carbons (Fsp3) is 0.704. The summed E-state index contributed by atoms with van der Waals surface area (Å²) in [7, 11) is 0. The number of guanidine groups is 1. The first-order chi connectivity index (χ1) is 16.7. The van der Waals surface area contributed by atoms with Crippen LogP contribution in [0.1, 0.15) is 83.5 Å². The molecule has 0 spiro atoms. The van der Waals surface area contributed by atoms with Crippen molar-refractivity contribution < 1.29 is 0 Å². The minimum absolute atomic E-state index is 0.664. The molecule has 0 aromatic heterocycles. The predicted molar refractivity (Wildman–Crippen MR) is 151 cm³/mol. The molecule has 0 radical (unpaired) electrons. The minimum atomic E-state index is 0.664. The van der Waals surface area contributed by atoms with Gasteiger partial charge in [0.2, 0.25) is 0 Å². The summed E-state index contributed by atoms with van der Waals surface area (Å²) in [6, 6.07) is 7.62. The quantitative estimate of drug-likeness (QED) is 0.218. The van der Waals surface area contributed by atoms with Gasteiger partial charge in [-0.3, -0.25) is 9.89 Å². The van der Waals surface area contributed by atoms with E-state index in [-0.39, 0.29) is 0 Å². The first-order valence-corrected chi connectivity index (χ1v) is 14.4. The number of rotatable bonds is 14. The molecule has 0 bridgehead atoms. The summed E-state index contributed by atoms with van der Waals surface area (Å²) in [6.07, 6.45) is 17.9. The normalized spacial score (nSPS) is 16.5. The second-order valence-electron chi connectivity index (χ2n) is 9.66. The van der Waals surface area contributed by atoms with Crippen molar-refractivity contribution in [1.82, 2.24) is 15.1 Å². The summed E-state index contributed by atoms with van der Waals surface area (Å²) in [5.41, 5.74) is 0.904. The third-order valence-corrected chi connectivity index (χ3v) is 7.35.